The van der Waals surface area contributed by atoms with Crippen LogP contribution in [0.5, 0.6) is 0 Å². The summed E-state index contributed by atoms with van der Waals surface area (Å²) in [6.07, 6.45) is 3.19. The molecule has 1 heterocycles. The molecule has 16 heteroatoms. The van der Waals surface area contributed by atoms with Crippen molar-refractivity contribution in [3.63, 3.8) is 0 Å². The summed E-state index contributed by atoms with van der Waals surface area (Å²) in [6.45, 7) is 4.06. The number of rotatable bonds is 20. The second kappa shape index (κ2) is 18.3. The van der Waals surface area contributed by atoms with Gasteiger partial charge in [-0.15, -0.1) is 0 Å². The van der Waals surface area contributed by atoms with Crippen LogP contribution < -0.4 is 32.9 Å². The second-order valence-corrected chi connectivity index (χ2v) is 10.1. The first-order valence-corrected chi connectivity index (χ1v) is 13.4. The van der Waals surface area contributed by atoms with Crippen LogP contribution in [0.15, 0.2) is 12.5 Å². The number of hydroxylamine groups is 1. The number of nitrogens with two attached hydrogens (primary N) is 2. The zero-order valence-corrected chi connectivity index (χ0v) is 23.4. The lowest BCUT2D eigenvalue weighted by Gasteiger charge is -2.26. The molecular weight excluding hydrogens is 540 g/mol. The first-order chi connectivity index (χ1) is 19.4. The zero-order valence-electron chi connectivity index (χ0n) is 23.4. The average Bonchev–Trinajstić information content (AvgIpc) is 3.42. The number of aromatic nitrogens is 2. The maximum Gasteiger partial charge on any atom is 0.303 e. The Kier molecular flexibility index (Phi) is 15.6. The number of hydrogen-bond donors (Lipinski definition) is 9. The summed E-state index contributed by atoms with van der Waals surface area (Å²) in [5, 5.41) is 25.6. The summed E-state index contributed by atoms with van der Waals surface area (Å²) < 4.78 is 0. The van der Waals surface area contributed by atoms with Crippen molar-refractivity contribution >= 4 is 35.5 Å². The Morgan fingerprint density at radius 3 is 2.12 bits per heavy atom. The number of imidazole rings is 1. The third-order valence-electron chi connectivity index (χ3n) is 6.18. The molecule has 1 aromatic heterocycles. The van der Waals surface area contributed by atoms with Crippen LogP contribution in [0.25, 0.3) is 0 Å². The van der Waals surface area contributed by atoms with Crippen LogP contribution in [0, 0.1) is 11.8 Å². The van der Waals surface area contributed by atoms with Crippen LogP contribution in [-0.4, -0.2) is 80.5 Å². The fourth-order valence-corrected chi connectivity index (χ4v) is 4.10. The first-order valence-electron chi connectivity index (χ1n) is 13.4. The summed E-state index contributed by atoms with van der Waals surface area (Å²) in [5.74, 6) is -5.94. The van der Waals surface area contributed by atoms with Crippen LogP contribution in [0.1, 0.15) is 64.5 Å². The monoisotopic (exact) mass is 582 g/mol. The highest BCUT2D eigenvalue weighted by molar-refractivity contribution is 5.95. The Labute approximate surface area is 237 Å². The van der Waals surface area contributed by atoms with E-state index in [2.05, 4.69) is 25.9 Å². The number of primary amides is 1. The van der Waals surface area contributed by atoms with Gasteiger partial charge in [-0.1, -0.05) is 13.8 Å². The molecule has 0 aliphatic heterocycles. The maximum atomic E-state index is 13.4. The van der Waals surface area contributed by atoms with Gasteiger partial charge in [0.05, 0.1) is 6.33 Å². The molecule has 4 atom stereocenters. The highest BCUT2D eigenvalue weighted by Gasteiger charge is 2.32. The van der Waals surface area contributed by atoms with Crippen molar-refractivity contribution in [2.45, 2.75) is 83.3 Å². The number of nitrogens with zero attached hydrogens (tertiary/aromatic N) is 1. The fraction of sp³-hybridized carbons (Fsp3) is 0.640. The summed E-state index contributed by atoms with van der Waals surface area (Å²) >= 11 is 0. The predicted octanol–water partition coefficient (Wildman–Crippen LogP) is -1.56. The largest absolute Gasteiger partial charge is 0.481 e. The Hall–Kier alpha value is -4.05. The number of H-pyrrole nitrogens is 1. The van der Waals surface area contributed by atoms with Gasteiger partial charge in [0.15, 0.2) is 0 Å². The smallest absolute Gasteiger partial charge is 0.303 e. The molecule has 0 saturated heterocycles. The standard InChI is InChI=1S/C25H42N8O8/c1-14(2)9-15(10-20(34)33-41)23(38)32-19(11-16-12-28-13-29-16)25(40)31-18(6-7-21(35)36)24(39)30-17(22(27)37)5-3-4-8-26/h12-15,17-19,41H,3-11,26H2,1-2H3,(H2,27,37)(H,28,29)(H,30,39)(H,31,40)(H,32,38)(H,33,34)(H,35,36)/t15-,17+,18+,19+/m1/s1. The molecule has 0 radical (unpaired) electrons. The van der Waals surface area contributed by atoms with E-state index in [-0.39, 0.29) is 38.0 Å². The molecule has 5 amide bonds. The average molecular weight is 583 g/mol. The van der Waals surface area contributed by atoms with E-state index >= 15 is 0 Å². The molecule has 1 aromatic rings. The van der Waals surface area contributed by atoms with Gasteiger partial charge in [-0.2, -0.15) is 0 Å². The molecular formula is C25H42N8O8. The molecule has 0 saturated carbocycles. The summed E-state index contributed by atoms with van der Waals surface area (Å²) in [5.41, 5.74) is 12.8. The third kappa shape index (κ3) is 13.7. The predicted molar refractivity (Wildman–Crippen MR) is 145 cm³/mol. The van der Waals surface area contributed by atoms with E-state index in [9.17, 15) is 28.8 Å². The number of unbranched alkanes of at least 4 members (excludes halogenated alkanes) is 1. The van der Waals surface area contributed by atoms with Crippen LogP contribution in [0.3, 0.4) is 0 Å². The summed E-state index contributed by atoms with van der Waals surface area (Å²) in [7, 11) is 0. The fourth-order valence-electron chi connectivity index (χ4n) is 4.10. The number of nitrogens with one attached hydrogen (secondary N) is 5. The molecule has 41 heavy (non-hydrogen) atoms. The number of amides is 5. The van der Waals surface area contributed by atoms with E-state index in [1.54, 1.807) is 0 Å². The zero-order chi connectivity index (χ0) is 30.9. The van der Waals surface area contributed by atoms with Gasteiger partial charge in [0.25, 0.3) is 0 Å². The number of carboxylic acids is 1. The van der Waals surface area contributed by atoms with E-state index in [1.165, 1.54) is 18.0 Å². The summed E-state index contributed by atoms with van der Waals surface area (Å²) in [4.78, 5) is 81.2. The van der Waals surface area contributed by atoms with Crippen molar-refractivity contribution in [1.29, 1.82) is 0 Å². The van der Waals surface area contributed by atoms with Crippen molar-refractivity contribution in [2.75, 3.05) is 6.54 Å². The van der Waals surface area contributed by atoms with Gasteiger partial charge in [0, 0.05) is 37.1 Å². The second-order valence-electron chi connectivity index (χ2n) is 10.1. The van der Waals surface area contributed by atoms with Gasteiger partial charge < -0.3 is 37.5 Å². The number of aliphatic carboxylic acids is 1. The van der Waals surface area contributed by atoms with Gasteiger partial charge in [-0.3, -0.25) is 34.0 Å². The minimum atomic E-state index is -1.37. The van der Waals surface area contributed by atoms with Crippen LogP contribution >= 0.6 is 0 Å². The van der Waals surface area contributed by atoms with Crippen molar-refractivity contribution in [1.82, 2.24) is 31.4 Å². The van der Waals surface area contributed by atoms with Crippen molar-refractivity contribution in [3.05, 3.63) is 18.2 Å². The lowest BCUT2D eigenvalue weighted by Crippen LogP contribution is -2.57. The van der Waals surface area contributed by atoms with E-state index in [1.807, 2.05) is 13.8 Å². The van der Waals surface area contributed by atoms with Crippen LogP contribution in [0.2, 0.25) is 0 Å². The number of carbonyl (C=O) groups excluding carboxylic acids is 5. The molecule has 0 unspecified atom stereocenters. The Morgan fingerprint density at radius 1 is 0.951 bits per heavy atom. The molecule has 16 nitrogen and oxygen atoms in total. The molecule has 0 fully saturated rings. The Bertz CT molecular complexity index is 1020. The quantitative estimate of drug-likeness (QED) is 0.0484. The highest BCUT2D eigenvalue weighted by atomic mass is 16.5. The van der Waals surface area contributed by atoms with Crippen LogP contribution in [-0.2, 0) is 35.2 Å². The van der Waals surface area contributed by atoms with Gasteiger partial charge in [0.1, 0.15) is 18.1 Å². The molecule has 0 spiro atoms. The lowest BCUT2D eigenvalue weighted by molar-refractivity contribution is -0.139. The van der Waals surface area contributed by atoms with Gasteiger partial charge in [-0.25, -0.2) is 10.5 Å². The van der Waals surface area contributed by atoms with Gasteiger partial charge in [-0.05, 0) is 44.6 Å². The highest BCUT2D eigenvalue weighted by Crippen LogP contribution is 2.17. The first kappa shape index (κ1) is 35.0. The molecule has 11 N–H and O–H groups in total. The van der Waals surface area contributed by atoms with E-state index < -0.39 is 66.0 Å². The molecule has 0 aliphatic rings. The number of carboxylic acid groups (broad SMARTS) is 1. The van der Waals surface area contributed by atoms with E-state index in [4.69, 9.17) is 21.8 Å². The molecule has 1 rings (SSSR count). The summed E-state index contributed by atoms with van der Waals surface area (Å²) in [6, 6.07) is -3.69. The van der Waals surface area contributed by atoms with E-state index in [0.29, 0.717) is 25.1 Å². The minimum absolute atomic E-state index is 0.00396. The molecule has 230 valence electrons. The van der Waals surface area contributed by atoms with Crippen molar-refractivity contribution < 1.29 is 39.1 Å². The normalized spacial score (nSPS) is 13.9. The van der Waals surface area contributed by atoms with Gasteiger partial charge >= 0.3 is 5.97 Å². The maximum absolute atomic E-state index is 13.4. The topological polar surface area (TPSA) is 272 Å². The number of carbonyl (C=O) groups is 6. The third-order valence-corrected chi connectivity index (χ3v) is 6.18. The van der Waals surface area contributed by atoms with Crippen LogP contribution in [0.4, 0.5) is 0 Å². The Balaban J connectivity index is 3.17. The number of aromatic amines is 1. The Morgan fingerprint density at radius 2 is 1.59 bits per heavy atom. The molecule has 0 bridgehead atoms. The molecule has 0 aromatic carbocycles. The number of hydrogen-bond acceptors (Lipinski definition) is 9. The van der Waals surface area contributed by atoms with Gasteiger partial charge in [0.2, 0.25) is 29.5 Å². The lowest BCUT2D eigenvalue weighted by atomic mass is 9.92. The van der Waals surface area contributed by atoms with Crippen molar-refractivity contribution in [3.8, 4) is 0 Å². The molecule has 0 aliphatic carbocycles. The minimum Gasteiger partial charge on any atom is -0.481 e. The SMILES string of the molecule is CC(C)C[C@H](CC(=O)NO)C(=O)N[C@@H](Cc1cnc[nH]1)C(=O)N[C@@H](CCC(=O)O)C(=O)N[C@@H](CCCCN)C(N)=O. The van der Waals surface area contributed by atoms with Crippen molar-refractivity contribution in [2.24, 2.45) is 23.3 Å². The van der Waals surface area contributed by atoms with E-state index in [0.717, 1.165) is 0 Å².